The number of likely N-dealkylation sites (tertiary alicyclic amines) is 1. The maximum absolute atomic E-state index is 12.5. The third-order valence-electron chi connectivity index (χ3n) is 6.60. The van der Waals surface area contributed by atoms with Crippen molar-refractivity contribution >= 4 is 35.1 Å². The van der Waals surface area contributed by atoms with E-state index in [9.17, 15) is 4.79 Å². The van der Waals surface area contributed by atoms with E-state index >= 15 is 0 Å². The molecule has 12 nitrogen and oxygen atoms in total. The summed E-state index contributed by atoms with van der Waals surface area (Å²) in [6, 6.07) is 8.06. The maximum Gasteiger partial charge on any atom is 0.410 e. The summed E-state index contributed by atoms with van der Waals surface area (Å²) in [5, 5.41) is 7.63. The molecule has 210 valence electrons. The summed E-state index contributed by atoms with van der Waals surface area (Å²) >= 11 is 0. The highest BCUT2D eigenvalue weighted by Gasteiger charge is 2.32. The number of morpholine rings is 1. The first-order valence-corrected chi connectivity index (χ1v) is 13.2. The monoisotopic (exact) mass is 539 g/mol. The standard InChI is InChI=1S/C26H34N6O4.CH3NO/c1-26(2,3)35-25(33)32-11-9-17(10-12-32)20-21-22(36-30-20)24(31-13-15-34-16-14-31)29-23(28-21)18-5-7-19(27-4)8-6-18;2-1-3/h5-8,17,27H,9-16H2,1-4H3;1H,(H2,2,3). The lowest BCUT2D eigenvalue weighted by Gasteiger charge is -2.32. The molecule has 3 aromatic rings. The zero-order chi connectivity index (χ0) is 28.0. The van der Waals surface area contributed by atoms with Crippen LogP contribution in [0.4, 0.5) is 16.3 Å². The fraction of sp³-hybridized carbons (Fsp3) is 0.519. The first kappa shape index (κ1) is 28.1. The zero-order valence-electron chi connectivity index (χ0n) is 23.0. The first-order valence-electron chi connectivity index (χ1n) is 13.2. The Kier molecular flexibility index (Phi) is 8.85. The number of piperidine rings is 1. The van der Waals surface area contributed by atoms with E-state index < -0.39 is 5.60 Å². The number of benzene rings is 1. The summed E-state index contributed by atoms with van der Waals surface area (Å²) in [5.41, 5.74) is 7.80. The highest BCUT2D eigenvalue weighted by atomic mass is 16.6. The molecule has 4 heterocycles. The number of rotatable bonds is 4. The van der Waals surface area contributed by atoms with Gasteiger partial charge in [0.15, 0.2) is 11.6 Å². The van der Waals surface area contributed by atoms with Gasteiger partial charge >= 0.3 is 6.09 Å². The molecular weight excluding hydrogens is 502 g/mol. The first-order chi connectivity index (χ1) is 18.7. The van der Waals surface area contributed by atoms with Crippen molar-refractivity contribution in [2.75, 3.05) is 56.7 Å². The van der Waals surface area contributed by atoms with Crippen molar-refractivity contribution in [2.45, 2.75) is 45.1 Å². The van der Waals surface area contributed by atoms with Crippen molar-refractivity contribution in [3.05, 3.63) is 30.0 Å². The molecule has 0 spiro atoms. The average molecular weight is 540 g/mol. The van der Waals surface area contributed by atoms with Crippen molar-refractivity contribution in [3.8, 4) is 11.4 Å². The lowest BCUT2D eigenvalue weighted by atomic mass is 9.93. The number of fused-ring (bicyclic) bond motifs is 1. The third kappa shape index (κ3) is 6.75. The van der Waals surface area contributed by atoms with Crippen LogP contribution in [-0.4, -0.2) is 84.6 Å². The highest BCUT2D eigenvalue weighted by molar-refractivity contribution is 5.88. The summed E-state index contributed by atoms with van der Waals surface area (Å²) in [5.74, 6) is 1.53. The van der Waals surface area contributed by atoms with E-state index in [-0.39, 0.29) is 18.4 Å². The molecule has 0 saturated carbocycles. The Morgan fingerprint density at radius 3 is 2.33 bits per heavy atom. The number of nitrogens with two attached hydrogens (primary N) is 1. The maximum atomic E-state index is 12.5. The Morgan fingerprint density at radius 1 is 1.10 bits per heavy atom. The molecule has 0 unspecified atom stereocenters. The zero-order valence-corrected chi connectivity index (χ0v) is 23.0. The molecule has 2 aliphatic rings. The number of aromatic nitrogens is 3. The summed E-state index contributed by atoms with van der Waals surface area (Å²) in [4.78, 5) is 34.9. The molecule has 39 heavy (non-hydrogen) atoms. The Morgan fingerprint density at radius 2 is 1.74 bits per heavy atom. The average Bonchev–Trinajstić information content (AvgIpc) is 3.37. The van der Waals surface area contributed by atoms with Gasteiger partial charge in [0, 0.05) is 50.4 Å². The van der Waals surface area contributed by atoms with Gasteiger partial charge in [-0.25, -0.2) is 14.8 Å². The van der Waals surface area contributed by atoms with E-state index in [2.05, 4.69) is 21.1 Å². The van der Waals surface area contributed by atoms with E-state index in [0.29, 0.717) is 37.7 Å². The van der Waals surface area contributed by atoms with Crippen LogP contribution in [0.15, 0.2) is 28.8 Å². The van der Waals surface area contributed by atoms with Crippen molar-refractivity contribution in [3.63, 3.8) is 0 Å². The number of anilines is 2. The minimum Gasteiger partial charge on any atom is -0.444 e. The largest absolute Gasteiger partial charge is 0.444 e. The number of carbonyl (C=O) groups excluding carboxylic acids is 2. The van der Waals surface area contributed by atoms with Gasteiger partial charge < -0.3 is 34.8 Å². The summed E-state index contributed by atoms with van der Waals surface area (Å²) in [7, 11) is 1.89. The Labute approximate surface area is 227 Å². The predicted octanol–water partition coefficient (Wildman–Crippen LogP) is 3.38. The number of amides is 2. The molecule has 0 atom stereocenters. The number of nitrogens with zero attached hydrogens (tertiary/aromatic N) is 5. The molecule has 1 aromatic carbocycles. The molecule has 12 heteroatoms. The molecule has 0 aliphatic carbocycles. The van der Waals surface area contributed by atoms with Crippen LogP contribution in [-0.2, 0) is 14.3 Å². The van der Waals surface area contributed by atoms with Gasteiger partial charge in [-0.15, -0.1) is 0 Å². The van der Waals surface area contributed by atoms with Crippen LogP contribution in [0.5, 0.6) is 0 Å². The van der Waals surface area contributed by atoms with E-state index in [4.69, 9.17) is 28.8 Å². The summed E-state index contributed by atoms with van der Waals surface area (Å²) < 4.78 is 17.0. The lowest BCUT2D eigenvalue weighted by molar-refractivity contribution is -0.106. The highest BCUT2D eigenvalue weighted by Crippen LogP contribution is 2.36. The van der Waals surface area contributed by atoms with E-state index in [1.807, 2.05) is 52.1 Å². The molecule has 2 aliphatic heterocycles. The van der Waals surface area contributed by atoms with Crippen molar-refractivity contribution < 1.29 is 23.6 Å². The fourth-order valence-corrected chi connectivity index (χ4v) is 4.67. The second-order valence-electron chi connectivity index (χ2n) is 10.4. The van der Waals surface area contributed by atoms with Gasteiger partial charge in [0.2, 0.25) is 12.0 Å². The van der Waals surface area contributed by atoms with Gasteiger partial charge in [0.05, 0.1) is 13.2 Å². The van der Waals surface area contributed by atoms with E-state index in [1.54, 1.807) is 4.90 Å². The van der Waals surface area contributed by atoms with Crippen molar-refractivity contribution in [2.24, 2.45) is 5.73 Å². The fourth-order valence-electron chi connectivity index (χ4n) is 4.67. The van der Waals surface area contributed by atoms with Crippen LogP contribution >= 0.6 is 0 Å². The molecule has 2 amide bonds. The predicted molar refractivity (Wildman–Crippen MR) is 148 cm³/mol. The van der Waals surface area contributed by atoms with Crippen molar-refractivity contribution in [1.29, 1.82) is 0 Å². The van der Waals surface area contributed by atoms with Gasteiger partial charge in [-0.05, 0) is 57.9 Å². The molecule has 2 saturated heterocycles. The molecule has 0 radical (unpaired) electrons. The van der Waals surface area contributed by atoms with Crippen LogP contribution in [0.1, 0.15) is 45.2 Å². The van der Waals surface area contributed by atoms with Crippen LogP contribution in [0.25, 0.3) is 22.5 Å². The molecule has 5 rings (SSSR count). The Balaban J connectivity index is 0.00000112. The minimum absolute atomic E-state index is 0.136. The lowest BCUT2D eigenvalue weighted by Crippen LogP contribution is -2.41. The molecule has 0 bridgehead atoms. The SMILES string of the molecule is CNc1ccc(-c2nc(N3CCOCC3)c3onc(C4CCN(C(=O)OC(C)(C)C)CC4)c3n2)cc1.NC=O. The smallest absolute Gasteiger partial charge is 0.410 e. The molecular formula is C27H37N7O5. The molecule has 3 N–H and O–H groups in total. The number of ether oxygens (including phenoxy) is 2. The molecule has 2 fully saturated rings. The van der Waals surface area contributed by atoms with Gasteiger partial charge in [0.25, 0.3) is 0 Å². The Bertz CT molecular complexity index is 1260. The van der Waals surface area contributed by atoms with E-state index in [0.717, 1.165) is 54.2 Å². The second kappa shape index (κ2) is 12.3. The van der Waals surface area contributed by atoms with Crippen molar-refractivity contribution in [1.82, 2.24) is 20.0 Å². The second-order valence-corrected chi connectivity index (χ2v) is 10.4. The van der Waals surface area contributed by atoms with Gasteiger partial charge in [-0.2, -0.15) is 0 Å². The summed E-state index contributed by atoms with van der Waals surface area (Å²) in [6.07, 6.45) is 1.52. The quantitative estimate of drug-likeness (QED) is 0.473. The van der Waals surface area contributed by atoms with Gasteiger partial charge in [-0.1, -0.05) is 5.16 Å². The third-order valence-corrected chi connectivity index (χ3v) is 6.60. The number of carbonyl (C=O) groups is 2. The number of primary amides is 1. The normalized spacial score (nSPS) is 16.4. The van der Waals surface area contributed by atoms with Gasteiger partial charge in [0.1, 0.15) is 16.8 Å². The number of nitrogens with one attached hydrogen (secondary N) is 1. The van der Waals surface area contributed by atoms with Gasteiger partial charge in [-0.3, -0.25) is 4.79 Å². The van der Waals surface area contributed by atoms with Crippen LogP contribution in [0, 0.1) is 0 Å². The minimum atomic E-state index is -0.509. The van der Waals surface area contributed by atoms with Crippen LogP contribution in [0.3, 0.4) is 0 Å². The summed E-state index contributed by atoms with van der Waals surface area (Å²) in [6.45, 7) is 9.60. The number of hydrogen-bond donors (Lipinski definition) is 2. The topological polar surface area (TPSA) is 149 Å². The number of hydrogen-bond acceptors (Lipinski definition) is 10. The van der Waals surface area contributed by atoms with E-state index in [1.165, 1.54) is 0 Å². The molecule has 2 aromatic heterocycles. The Hall–Kier alpha value is -3.93. The van der Waals surface area contributed by atoms with Crippen LogP contribution in [0.2, 0.25) is 0 Å². The van der Waals surface area contributed by atoms with Crippen LogP contribution < -0.4 is 16.0 Å².